The standard InChI is InChI=1S/C11H16FNO/c1-8-5-11(14-7-9(2)12)4-3-10(8)6-13/h3-5,9H,6-7,13H2,1-2H3. The molecule has 0 amide bonds. The summed E-state index contributed by atoms with van der Waals surface area (Å²) in [5.74, 6) is 0.698. The fraction of sp³-hybridized carbons (Fsp3) is 0.455. The Morgan fingerprint density at radius 1 is 1.50 bits per heavy atom. The highest BCUT2D eigenvalue weighted by atomic mass is 19.1. The van der Waals surface area contributed by atoms with E-state index in [2.05, 4.69) is 0 Å². The maximum Gasteiger partial charge on any atom is 0.131 e. The quantitative estimate of drug-likeness (QED) is 0.803. The molecule has 0 aliphatic carbocycles. The van der Waals surface area contributed by atoms with Crippen LogP contribution in [0.4, 0.5) is 4.39 Å². The van der Waals surface area contributed by atoms with Crippen LogP contribution in [-0.4, -0.2) is 12.8 Å². The minimum absolute atomic E-state index is 0.0986. The van der Waals surface area contributed by atoms with Crippen LogP contribution in [0.25, 0.3) is 0 Å². The van der Waals surface area contributed by atoms with Crippen LogP contribution in [0.1, 0.15) is 18.1 Å². The number of hydrogen-bond donors (Lipinski definition) is 1. The zero-order valence-electron chi connectivity index (χ0n) is 8.59. The minimum atomic E-state index is -0.940. The third-order valence-electron chi connectivity index (χ3n) is 2.01. The summed E-state index contributed by atoms with van der Waals surface area (Å²) in [5.41, 5.74) is 7.69. The zero-order chi connectivity index (χ0) is 10.6. The Morgan fingerprint density at radius 3 is 2.71 bits per heavy atom. The third-order valence-corrected chi connectivity index (χ3v) is 2.01. The van der Waals surface area contributed by atoms with E-state index in [0.717, 1.165) is 11.1 Å². The molecule has 1 rings (SSSR count). The van der Waals surface area contributed by atoms with E-state index in [0.29, 0.717) is 12.3 Å². The summed E-state index contributed by atoms with van der Waals surface area (Å²) >= 11 is 0. The zero-order valence-corrected chi connectivity index (χ0v) is 8.59. The van der Waals surface area contributed by atoms with Gasteiger partial charge in [0, 0.05) is 6.54 Å². The molecule has 0 aliphatic heterocycles. The Kier molecular flexibility index (Phi) is 3.89. The lowest BCUT2D eigenvalue weighted by Crippen LogP contribution is -2.08. The van der Waals surface area contributed by atoms with Crippen molar-refractivity contribution in [3.05, 3.63) is 29.3 Å². The predicted molar refractivity (Wildman–Crippen MR) is 55.1 cm³/mol. The van der Waals surface area contributed by atoms with Gasteiger partial charge < -0.3 is 10.5 Å². The first-order chi connectivity index (χ1) is 6.63. The first-order valence-corrected chi connectivity index (χ1v) is 4.70. The van der Waals surface area contributed by atoms with Crippen LogP contribution in [-0.2, 0) is 6.54 Å². The molecule has 0 aromatic heterocycles. The van der Waals surface area contributed by atoms with Gasteiger partial charge in [0.15, 0.2) is 0 Å². The molecule has 0 radical (unpaired) electrons. The molecule has 1 atom stereocenters. The van der Waals surface area contributed by atoms with Gasteiger partial charge in [0.2, 0.25) is 0 Å². The normalized spacial score (nSPS) is 12.6. The van der Waals surface area contributed by atoms with Crippen LogP contribution in [0.15, 0.2) is 18.2 Å². The molecule has 0 saturated heterocycles. The number of alkyl halides is 1. The van der Waals surface area contributed by atoms with Crippen molar-refractivity contribution in [2.24, 2.45) is 5.73 Å². The number of rotatable bonds is 4. The number of halogens is 1. The van der Waals surface area contributed by atoms with E-state index in [-0.39, 0.29) is 6.61 Å². The Labute approximate surface area is 83.9 Å². The van der Waals surface area contributed by atoms with Crippen molar-refractivity contribution < 1.29 is 9.13 Å². The van der Waals surface area contributed by atoms with E-state index in [1.807, 2.05) is 25.1 Å². The Bertz CT molecular complexity index is 299. The molecule has 2 nitrogen and oxygen atoms in total. The van der Waals surface area contributed by atoms with Crippen molar-refractivity contribution in [3.8, 4) is 5.75 Å². The van der Waals surface area contributed by atoms with Crippen molar-refractivity contribution in [3.63, 3.8) is 0 Å². The highest BCUT2D eigenvalue weighted by molar-refractivity contribution is 5.34. The fourth-order valence-electron chi connectivity index (χ4n) is 1.20. The van der Waals surface area contributed by atoms with Crippen molar-refractivity contribution in [1.82, 2.24) is 0 Å². The molecule has 0 saturated carbocycles. The largest absolute Gasteiger partial charge is 0.491 e. The minimum Gasteiger partial charge on any atom is -0.491 e. The van der Waals surface area contributed by atoms with E-state index in [4.69, 9.17) is 10.5 Å². The van der Waals surface area contributed by atoms with Gasteiger partial charge in [-0.1, -0.05) is 6.07 Å². The fourth-order valence-corrected chi connectivity index (χ4v) is 1.20. The smallest absolute Gasteiger partial charge is 0.131 e. The Balaban J connectivity index is 2.66. The van der Waals surface area contributed by atoms with Gasteiger partial charge in [-0.3, -0.25) is 0 Å². The highest BCUT2D eigenvalue weighted by Gasteiger charge is 2.02. The predicted octanol–water partition coefficient (Wildman–Crippen LogP) is 2.19. The van der Waals surface area contributed by atoms with Crippen LogP contribution < -0.4 is 10.5 Å². The van der Waals surface area contributed by atoms with Gasteiger partial charge in [-0.2, -0.15) is 0 Å². The molecule has 2 N–H and O–H groups in total. The average Bonchev–Trinajstić information content (AvgIpc) is 2.15. The topological polar surface area (TPSA) is 35.2 Å². The maximum atomic E-state index is 12.5. The molecular formula is C11H16FNO. The summed E-state index contributed by atoms with van der Waals surface area (Å²) in [6, 6.07) is 5.61. The van der Waals surface area contributed by atoms with E-state index >= 15 is 0 Å². The highest BCUT2D eigenvalue weighted by Crippen LogP contribution is 2.17. The SMILES string of the molecule is Cc1cc(OCC(C)F)ccc1CN. The molecule has 0 bridgehead atoms. The lowest BCUT2D eigenvalue weighted by atomic mass is 10.1. The molecule has 14 heavy (non-hydrogen) atoms. The van der Waals surface area contributed by atoms with Crippen molar-refractivity contribution >= 4 is 0 Å². The lowest BCUT2D eigenvalue weighted by Gasteiger charge is -2.09. The number of nitrogens with two attached hydrogens (primary N) is 1. The summed E-state index contributed by atoms with van der Waals surface area (Å²) in [5, 5.41) is 0. The summed E-state index contributed by atoms with van der Waals surface area (Å²) in [6.07, 6.45) is -0.940. The van der Waals surface area contributed by atoms with Crippen molar-refractivity contribution in [2.45, 2.75) is 26.6 Å². The molecule has 0 aliphatic rings. The first kappa shape index (κ1) is 11.0. The lowest BCUT2D eigenvalue weighted by molar-refractivity contribution is 0.209. The molecule has 1 unspecified atom stereocenters. The maximum absolute atomic E-state index is 12.5. The molecule has 0 spiro atoms. The molecule has 1 aromatic carbocycles. The van der Waals surface area contributed by atoms with Crippen LogP contribution in [0.3, 0.4) is 0 Å². The molecule has 3 heteroatoms. The Morgan fingerprint density at radius 2 is 2.21 bits per heavy atom. The molecule has 78 valence electrons. The van der Waals surface area contributed by atoms with E-state index in [1.54, 1.807) is 0 Å². The van der Waals surface area contributed by atoms with Gasteiger partial charge >= 0.3 is 0 Å². The summed E-state index contributed by atoms with van der Waals surface area (Å²) < 4.78 is 17.7. The summed E-state index contributed by atoms with van der Waals surface area (Å²) in [6.45, 7) is 4.06. The van der Waals surface area contributed by atoms with Crippen molar-refractivity contribution in [1.29, 1.82) is 0 Å². The summed E-state index contributed by atoms with van der Waals surface area (Å²) in [7, 11) is 0. The summed E-state index contributed by atoms with van der Waals surface area (Å²) in [4.78, 5) is 0. The van der Waals surface area contributed by atoms with Crippen LogP contribution >= 0.6 is 0 Å². The first-order valence-electron chi connectivity index (χ1n) is 4.70. The molecule has 0 fully saturated rings. The number of benzene rings is 1. The average molecular weight is 197 g/mol. The number of ether oxygens (including phenoxy) is 1. The second-order valence-electron chi connectivity index (χ2n) is 3.38. The van der Waals surface area contributed by atoms with Gasteiger partial charge in [-0.15, -0.1) is 0 Å². The monoisotopic (exact) mass is 197 g/mol. The van der Waals surface area contributed by atoms with Gasteiger partial charge in [0.25, 0.3) is 0 Å². The van der Waals surface area contributed by atoms with Crippen LogP contribution in [0.2, 0.25) is 0 Å². The van der Waals surface area contributed by atoms with Crippen LogP contribution in [0, 0.1) is 6.92 Å². The van der Waals surface area contributed by atoms with Crippen molar-refractivity contribution in [2.75, 3.05) is 6.61 Å². The van der Waals surface area contributed by atoms with E-state index in [1.165, 1.54) is 6.92 Å². The van der Waals surface area contributed by atoms with E-state index in [9.17, 15) is 4.39 Å². The second kappa shape index (κ2) is 4.96. The Hall–Kier alpha value is -1.09. The van der Waals surface area contributed by atoms with E-state index < -0.39 is 6.17 Å². The van der Waals surface area contributed by atoms with Gasteiger partial charge in [0.05, 0.1) is 0 Å². The van der Waals surface area contributed by atoms with Gasteiger partial charge in [0.1, 0.15) is 18.5 Å². The third kappa shape index (κ3) is 3.00. The number of aryl methyl sites for hydroxylation is 1. The number of hydrogen-bond acceptors (Lipinski definition) is 2. The molecule has 0 heterocycles. The molecular weight excluding hydrogens is 181 g/mol. The second-order valence-corrected chi connectivity index (χ2v) is 3.38. The van der Waals surface area contributed by atoms with Gasteiger partial charge in [-0.05, 0) is 37.1 Å². The van der Waals surface area contributed by atoms with Crippen LogP contribution in [0.5, 0.6) is 5.75 Å². The molecule has 1 aromatic rings. The van der Waals surface area contributed by atoms with Gasteiger partial charge in [-0.25, -0.2) is 4.39 Å².